The summed E-state index contributed by atoms with van der Waals surface area (Å²) in [6, 6.07) is 39.7. The fourth-order valence-electron chi connectivity index (χ4n) is 6.51. The van der Waals surface area contributed by atoms with Crippen LogP contribution in [0.15, 0.2) is 121 Å². The molecule has 0 radical (unpaired) electrons. The minimum Gasteiger partial charge on any atom is -0.452 e. The Balaban J connectivity index is 1.55. The number of hydrogen-bond acceptors (Lipinski definition) is 4. The molecule has 6 rings (SSSR count). The predicted octanol–water partition coefficient (Wildman–Crippen LogP) is 7.08. The largest absolute Gasteiger partial charge is 0.452 e. The number of carbonyl (C=O) groups is 1. The predicted molar refractivity (Wildman–Crippen MR) is 156 cm³/mol. The van der Waals surface area contributed by atoms with Crippen LogP contribution in [0.2, 0.25) is 0 Å². The number of benzene rings is 4. The molecule has 196 valence electrons. The van der Waals surface area contributed by atoms with Crippen molar-refractivity contribution in [1.29, 1.82) is 0 Å². The normalized spacial score (nSPS) is 21.9. The zero-order chi connectivity index (χ0) is 26.9. The molecule has 0 N–H and O–H groups in total. The molecule has 1 saturated heterocycles. The second-order valence-electron chi connectivity index (χ2n) is 10.3. The monoisotopic (exact) mass is 515 g/mol. The van der Waals surface area contributed by atoms with Gasteiger partial charge in [0.25, 0.3) is 0 Å². The van der Waals surface area contributed by atoms with E-state index in [-0.39, 0.29) is 30.4 Å². The average molecular weight is 516 g/mol. The van der Waals surface area contributed by atoms with Crippen LogP contribution < -0.4 is 4.90 Å². The molecule has 2 aliphatic rings. The highest BCUT2D eigenvalue weighted by atomic mass is 16.5. The Kier molecular flexibility index (Phi) is 6.77. The summed E-state index contributed by atoms with van der Waals surface area (Å²) in [5.41, 5.74) is 6.57. The average Bonchev–Trinajstić information content (AvgIpc) is 3.26. The molecular weight excluding hydrogens is 482 g/mol. The zero-order valence-corrected chi connectivity index (χ0v) is 22.5. The molecule has 3 atom stereocenters. The number of rotatable bonds is 4. The number of carbonyl (C=O) groups excluding carboxylic acids is 1. The van der Waals surface area contributed by atoms with E-state index in [1.807, 2.05) is 41.3 Å². The number of fused-ring (bicyclic) bond motifs is 1. The van der Waals surface area contributed by atoms with E-state index in [2.05, 4.69) is 109 Å². The van der Waals surface area contributed by atoms with Gasteiger partial charge in [0, 0.05) is 0 Å². The van der Waals surface area contributed by atoms with Crippen molar-refractivity contribution in [2.45, 2.75) is 24.3 Å². The van der Waals surface area contributed by atoms with Crippen LogP contribution in [0.4, 0.5) is 10.5 Å². The van der Waals surface area contributed by atoms with Crippen LogP contribution in [-0.2, 0) is 4.74 Å². The minimum absolute atomic E-state index is 0.0777. The van der Waals surface area contributed by atoms with E-state index >= 15 is 0 Å². The molecule has 0 aliphatic carbocycles. The molecule has 39 heavy (non-hydrogen) atoms. The molecule has 0 bridgehead atoms. The number of methoxy groups -OCH3 is 1. The number of hydrogen-bond donors (Lipinski definition) is 0. The molecule has 0 unspecified atom stereocenters. The smallest absolute Gasteiger partial charge is 0.414 e. The Bertz CT molecular complexity index is 1420. The van der Waals surface area contributed by atoms with Gasteiger partial charge in [0.1, 0.15) is 0 Å². The maximum Gasteiger partial charge on any atom is 0.414 e. The van der Waals surface area contributed by atoms with Crippen molar-refractivity contribution in [2.24, 2.45) is 0 Å². The lowest BCUT2D eigenvalue weighted by molar-refractivity contribution is 0.170. The summed E-state index contributed by atoms with van der Waals surface area (Å²) in [6.07, 6.45) is 1.83. The molecule has 4 aromatic carbocycles. The van der Waals surface area contributed by atoms with Crippen LogP contribution in [0.5, 0.6) is 0 Å². The van der Waals surface area contributed by atoms with Crippen molar-refractivity contribution in [2.75, 3.05) is 26.1 Å². The lowest BCUT2D eigenvalue weighted by Crippen LogP contribution is -2.46. The summed E-state index contributed by atoms with van der Waals surface area (Å²) in [6.45, 7) is 0. The van der Waals surface area contributed by atoms with Crippen LogP contribution in [0.3, 0.4) is 0 Å². The number of nitrogens with zero attached hydrogens (tertiary/aromatic N) is 3. The van der Waals surface area contributed by atoms with Crippen molar-refractivity contribution in [3.8, 4) is 0 Å². The number of para-hydroxylation sites is 1. The first-order valence-electron chi connectivity index (χ1n) is 13.4. The third-order valence-corrected chi connectivity index (χ3v) is 8.11. The van der Waals surface area contributed by atoms with Crippen molar-refractivity contribution in [3.05, 3.63) is 143 Å². The topological polar surface area (TPSA) is 36.0 Å². The third kappa shape index (κ3) is 4.34. The van der Waals surface area contributed by atoms with Crippen molar-refractivity contribution >= 4 is 17.9 Å². The van der Waals surface area contributed by atoms with E-state index in [1.165, 1.54) is 18.2 Å². The SMILES string of the molecule is COC(=O)N1c2ccccc2C=C(C2N(C)[C@@H](c3ccccc3)[C@H](c3ccccc3)N2C)[C@H]1c1ccccc1. The molecule has 0 saturated carbocycles. The quantitative estimate of drug-likeness (QED) is 0.291. The Hall–Kier alpha value is -4.19. The number of likely N-dealkylation sites (N-methyl/N-ethyl adjacent to an activating group) is 2. The molecule has 1 amide bonds. The van der Waals surface area contributed by atoms with Gasteiger partial charge < -0.3 is 4.74 Å². The molecule has 0 aromatic heterocycles. The van der Waals surface area contributed by atoms with Gasteiger partial charge in [-0.05, 0) is 54.1 Å². The number of ether oxygens (including phenoxy) is 1. The standard InChI is InChI=1S/C34H33N3O2/c1-35-31(25-17-9-5-10-18-25)32(26-19-11-6-12-20-26)36(2)33(35)28-23-27-21-13-14-22-29(27)37(34(38)39-3)30(28)24-15-7-4-8-16-24/h4-23,30-33H,1-3H3/t30-,31+,32+/m1/s1. The summed E-state index contributed by atoms with van der Waals surface area (Å²) in [7, 11) is 5.86. The molecule has 5 nitrogen and oxygen atoms in total. The van der Waals surface area contributed by atoms with Gasteiger partial charge in [-0.3, -0.25) is 14.7 Å². The summed E-state index contributed by atoms with van der Waals surface area (Å²) >= 11 is 0. The van der Waals surface area contributed by atoms with E-state index in [1.54, 1.807) is 0 Å². The first-order chi connectivity index (χ1) is 19.1. The minimum atomic E-state index is -0.371. The fraction of sp³-hybridized carbons (Fsp3) is 0.206. The Morgan fingerprint density at radius 1 is 0.641 bits per heavy atom. The molecule has 0 spiro atoms. The molecule has 5 heteroatoms. The first-order valence-corrected chi connectivity index (χ1v) is 13.4. The van der Waals surface area contributed by atoms with Crippen LogP contribution in [0.25, 0.3) is 6.08 Å². The zero-order valence-electron chi connectivity index (χ0n) is 22.5. The van der Waals surface area contributed by atoms with Gasteiger partial charge in [0.05, 0.1) is 37.1 Å². The van der Waals surface area contributed by atoms with Gasteiger partial charge in [-0.15, -0.1) is 0 Å². The van der Waals surface area contributed by atoms with Crippen LogP contribution in [0, 0.1) is 0 Å². The van der Waals surface area contributed by atoms with Crippen LogP contribution >= 0.6 is 0 Å². The van der Waals surface area contributed by atoms with Crippen molar-refractivity contribution < 1.29 is 9.53 Å². The highest BCUT2D eigenvalue weighted by Gasteiger charge is 2.49. The second kappa shape index (κ2) is 10.5. The molecular formula is C34H33N3O2. The maximum absolute atomic E-state index is 13.5. The van der Waals surface area contributed by atoms with Gasteiger partial charge in [0.2, 0.25) is 0 Å². The second-order valence-corrected chi connectivity index (χ2v) is 10.3. The summed E-state index contributed by atoms with van der Waals surface area (Å²) in [5, 5.41) is 0. The lowest BCUT2D eigenvalue weighted by atomic mass is 9.88. The summed E-state index contributed by atoms with van der Waals surface area (Å²) in [4.78, 5) is 20.2. The van der Waals surface area contributed by atoms with E-state index < -0.39 is 0 Å². The van der Waals surface area contributed by atoms with Gasteiger partial charge in [-0.25, -0.2) is 4.79 Å². The van der Waals surface area contributed by atoms with Gasteiger partial charge in [-0.2, -0.15) is 0 Å². The highest BCUT2D eigenvalue weighted by Crippen LogP contribution is 2.51. The van der Waals surface area contributed by atoms with E-state index in [9.17, 15) is 4.79 Å². The number of anilines is 1. The van der Waals surface area contributed by atoms with Crippen LogP contribution in [-0.4, -0.2) is 43.3 Å². The van der Waals surface area contributed by atoms with Crippen LogP contribution in [0.1, 0.15) is 40.4 Å². The van der Waals surface area contributed by atoms with Gasteiger partial charge in [-0.1, -0.05) is 109 Å². The third-order valence-electron chi connectivity index (χ3n) is 8.11. The van der Waals surface area contributed by atoms with Gasteiger partial charge >= 0.3 is 6.09 Å². The van der Waals surface area contributed by atoms with E-state index in [4.69, 9.17) is 4.74 Å². The Morgan fingerprint density at radius 3 is 1.62 bits per heavy atom. The van der Waals surface area contributed by atoms with Gasteiger partial charge in [0.15, 0.2) is 0 Å². The van der Waals surface area contributed by atoms with Crippen molar-refractivity contribution in [3.63, 3.8) is 0 Å². The summed E-state index contributed by atoms with van der Waals surface area (Å²) < 4.78 is 5.38. The lowest BCUT2D eigenvalue weighted by Gasteiger charge is -2.42. The molecule has 1 fully saturated rings. The highest BCUT2D eigenvalue weighted by molar-refractivity contribution is 5.95. The van der Waals surface area contributed by atoms with E-state index in [0.717, 1.165) is 22.4 Å². The molecule has 2 aliphatic heterocycles. The first kappa shape index (κ1) is 25.1. The maximum atomic E-state index is 13.5. The molecule has 4 aromatic rings. The van der Waals surface area contributed by atoms with Crippen molar-refractivity contribution in [1.82, 2.24) is 9.80 Å². The Labute approximate surface area is 230 Å². The number of amides is 1. The molecule has 2 heterocycles. The fourth-order valence-corrected chi connectivity index (χ4v) is 6.51. The Morgan fingerprint density at radius 2 is 1.10 bits per heavy atom. The summed E-state index contributed by atoms with van der Waals surface area (Å²) in [5.74, 6) is 0. The van der Waals surface area contributed by atoms with E-state index in [0.29, 0.717) is 0 Å².